The van der Waals surface area contributed by atoms with E-state index in [1.54, 1.807) is 36.1 Å². The van der Waals surface area contributed by atoms with Gasteiger partial charge in [0.1, 0.15) is 29.4 Å². The standard InChI is InChI=1S/C32H44N2O.C31H42N2O2.C22H31NO.C4H10NOP.3CH3I/c1-23-11-14-28-21-31-24(2)32(29(28)19-23,16-18-34(31)22-27-12-13-27)15-7-8-17-33-30(25(3)35)20-26-9-5-4-6-10-26;1-22-30-19-26-12-13-27(35)20-28(26)31(22,15-17-33(30)21-25-10-11-25)14-6-7-16-32-29(23(2)34)18-24-8-4-3-5-9-24;1-16-5-8-19-14-21-17(2)22(20(19)13-16,9-3-4-12-24)10-11-23(21)15-18-6-7-18;1-3(6)4(5)2-7;3*1-2/h4-6,9-11,14,19,24,27,30-31,33H,7-8,12-13,15-18,20-22H2,1-3H3;3-5,8-9,12-13,20,22,25,29-30,32,35H,6-7,10-11,14-19,21H2,1-2H3;5,8,12-13,17-18,21H,3-4,6-7,9-11,14-15H2,1-2H3;4H,2,5,7H2,1H3;3*1H3/t24-,30-,31+,32+;22-,29-,30+,31+;17-,21+,22+;4-;;;/m0000.../s1. The molecule has 3 saturated carbocycles. The van der Waals surface area contributed by atoms with Crippen molar-refractivity contribution in [3.63, 3.8) is 0 Å². The number of nitrogens with two attached hydrogens (primary N) is 1. The van der Waals surface area contributed by atoms with Gasteiger partial charge in [-0.3, -0.25) is 29.1 Å². The Kier molecular flexibility index (Phi) is 36.8. The first-order chi connectivity index (χ1) is 51.7. The summed E-state index contributed by atoms with van der Waals surface area (Å²) < 4.78 is 0. The summed E-state index contributed by atoms with van der Waals surface area (Å²) in [5.41, 5.74) is 20.5. The zero-order valence-corrected chi connectivity index (χ0v) is 74.9. The van der Waals surface area contributed by atoms with Crippen LogP contribution in [0.2, 0.25) is 0 Å². The number of unbranched alkanes of at least 4 members (excludes halogenated alkanes) is 3. The lowest BCUT2D eigenvalue weighted by Crippen LogP contribution is -2.59. The number of halogens is 3. The van der Waals surface area contributed by atoms with Gasteiger partial charge in [0, 0.05) is 60.4 Å². The number of aldehydes is 1. The molecule has 6 bridgehead atoms. The second kappa shape index (κ2) is 44.0. The van der Waals surface area contributed by atoms with Crippen LogP contribution in [0, 0.1) is 49.4 Å². The van der Waals surface area contributed by atoms with Crippen LogP contribution in [-0.4, -0.2) is 153 Å². The summed E-state index contributed by atoms with van der Waals surface area (Å²) >= 11 is 6.45. The van der Waals surface area contributed by atoms with E-state index in [0.29, 0.717) is 65.0 Å². The summed E-state index contributed by atoms with van der Waals surface area (Å²) in [7, 11) is 2.42. The minimum atomic E-state index is -0.273. The molecule has 0 aromatic heterocycles. The Morgan fingerprint density at radius 3 is 1.18 bits per heavy atom. The molecular weight excluding hydrogens is 1680 g/mol. The molecule has 0 radical (unpaired) electrons. The maximum absolute atomic E-state index is 12.3. The second-order valence-electron chi connectivity index (χ2n) is 33.4. The van der Waals surface area contributed by atoms with Gasteiger partial charge in [-0.2, -0.15) is 0 Å². The first-order valence-electron chi connectivity index (χ1n) is 41.1. The summed E-state index contributed by atoms with van der Waals surface area (Å²) in [5.74, 6) is 5.77. The molecule has 0 amide bonds. The Hall–Kier alpha value is -3.04. The van der Waals surface area contributed by atoms with Gasteiger partial charge in [0.05, 0.1) is 18.1 Å². The van der Waals surface area contributed by atoms with Crippen LogP contribution < -0.4 is 16.4 Å². The number of rotatable bonds is 30. The van der Waals surface area contributed by atoms with E-state index in [4.69, 9.17) is 5.73 Å². The van der Waals surface area contributed by atoms with Crippen LogP contribution in [0.3, 0.4) is 0 Å². The molecule has 6 aliphatic carbocycles. The molecule has 15 heteroatoms. The maximum atomic E-state index is 12.3. The number of hydrogen-bond donors (Lipinski definition) is 4. The van der Waals surface area contributed by atoms with Gasteiger partial charge < -0.3 is 26.3 Å². The average molecular weight is 1820 g/mol. The topological polar surface area (TPSA) is 148 Å². The summed E-state index contributed by atoms with van der Waals surface area (Å²) in [5, 5.41) is 17.5. The van der Waals surface area contributed by atoms with Gasteiger partial charge in [-0.15, -0.1) is 9.24 Å². The molecule has 3 heterocycles. The number of phenolic OH excluding ortho intramolecular Hbond substituents is 1. The Bertz CT molecular complexity index is 3390. The number of nitrogens with one attached hydrogen (secondary N) is 2. The summed E-state index contributed by atoms with van der Waals surface area (Å²) in [4.78, 5) is 60.0. The molecule has 14 rings (SSSR count). The number of ketones is 3. The minimum absolute atomic E-state index is 0.0509. The fraction of sp³-hybridized carbons (Fsp3) is 0.630. The highest BCUT2D eigenvalue weighted by Gasteiger charge is 2.54. The van der Waals surface area contributed by atoms with Crippen molar-refractivity contribution in [1.29, 1.82) is 0 Å². The van der Waals surface area contributed by atoms with Crippen LogP contribution in [0.5, 0.6) is 5.75 Å². The molecule has 3 saturated heterocycles. The van der Waals surface area contributed by atoms with Gasteiger partial charge in [0.25, 0.3) is 0 Å². The molecular formula is C92H136I3N6O5P. The fourth-order valence-corrected chi connectivity index (χ4v) is 20.0. The number of alkyl halides is 3. The highest BCUT2D eigenvalue weighted by atomic mass is 127. The van der Waals surface area contributed by atoms with Crippen molar-refractivity contribution in [2.45, 2.75) is 256 Å². The molecule has 6 fully saturated rings. The minimum Gasteiger partial charge on any atom is -0.508 e. The predicted molar refractivity (Wildman–Crippen MR) is 478 cm³/mol. The number of likely N-dealkylation sites (tertiary alicyclic amines) is 3. The van der Waals surface area contributed by atoms with Crippen molar-refractivity contribution in [3.8, 4) is 5.75 Å². The number of fused-ring (bicyclic) bond motifs is 12. The highest BCUT2D eigenvalue weighted by molar-refractivity contribution is 14.1. The van der Waals surface area contributed by atoms with Crippen LogP contribution in [0.4, 0.5) is 0 Å². The van der Waals surface area contributed by atoms with E-state index >= 15 is 0 Å². The van der Waals surface area contributed by atoms with E-state index in [-0.39, 0.29) is 40.9 Å². The monoisotopic (exact) mass is 1820 g/mol. The van der Waals surface area contributed by atoms with Crippen molar-refractivity contribution in [2.75, 3.05) is 73.3 Å². The second-order valence-corrected chi connectivity index (χ2v) is 33.9. The van der Waals surface area contributed by atoms with E-state index in [1.165, 1.54) is 169 Å². The van der Waals surface area contributed by atoms with Crippen LogP contribution >= 0.6 is 77.0 Å². The highest BCUT2D eigenvalue weighted by Crippen LogP contribution is 2.56. The normalized spacial score (nSPS) is 25.9. The van der Waals surface area contributed by atoms with Crippen molar-refractivity contribution >= 4 is 101 Å². The summed E-state index contributed by atoms with van der Waals surface area (Å²) in [6, 6.07) is 42.8. The quantitative estimate of drug-likeness (QED) is 0.0114. The first kappa shape index (κ1) is 89.5. The Morgan fingerprint density at radius 2 is 0.860 bits per heavy atom. The molecule has 5 N–H and O–H groups in total. The summed E-state index contributed by atoms with van der Waals surface area (Å²) in [6.45, 7) is 26.3. The zero-order valence-electron chi connectivity index (χ0n) is 67.3. The van der Waals surface area contributed by atoms with Crippen molar-refractivity contribution in [3.05, 3.63) is 171 Å². The lowest BCUT2D eigenvalue weighted by atomic mass is 9.56. The SMILES string of the molecule is CC(=O)[C@@H](N)CP.CC(=O)[C@H](Cc1ccccc1)NCCCC[C@]12CCN(CC3CC3)[C@H](Cc3ccc(C)cc31)[C@@H]2C.CC(=O)[C@H](Cc1ccccc1)NCCCC[C@]12CCN(CC3CC3)[C@H](Cc3ccc(O)cc31)[C@@H]2C.CI.CI.CI.Cc1ccc2c(c1)[C@]1(CCCC=O)CCN(CC3CC3)[C@H](C2)[C@@H]1C. The largest absolute Gasteiger partial charge is 0.508 e. The molecule has 5 aromatic carbocycles. The average Bonchev–Trinajstić information content (AvgIpc) is 1.74. The van der Waals surface area contributed by atoms with Gasteiger partial charge in [0.2, 0.25) is 0 Å². The van der Waals surface area contributed by atoms with Gasteiger partial charge in [-0.1, -0.05) is 216 Å². The third-order valence-electron chi connectivity index (χ3n) is 26.5. The number of aryl methyl sites for hydroxylation is 2. The molecule has 3 aliphatic heterocycles. The van der Waals surface area contributed by atoms with Gasteiger partial charge in [-0.25, -0.2) is 0 Å². The number of piperidine rings is 3. The van der Waals surface area contributed by atoms with Crippen LogP contribution in [0.15, 0.2) is 115 Å². The predicted octanol–water partition coefficient (Wildman–Crippen LogP) is 18.3. The Labute approximate surface area is 691 Å². The number of Topliss-reactive ketones (excluding diaryl/α,β-unsaturated/α-hetero) is 3. The lowest BCUT2D eigenvalue weighted by Gasteiger charge is -2.56. The zero-order chi connectivity index (χ0) is 77.4. The van der Waals surface area contributed by atoms with Crippen molar-refractivity contribution < 1.29 is 24.3 Å². The number of carbonyl (C=O) groups excluding carboxylic acids is 4. The van der Waals surface area contributed by atoms with E-state index in [9.17, 15) is 24.3 Å². The Balaban J connectivity index is 0.000000190. The first-order valence-corrected chi connectivity index (χ1v) is 48.4. The Morgan fingerprint density at radius 1 is 0.514 bits per heavy atom. The lowest BCUT2D eigenvalue weighted by molar-refractivity contribution is -0.119. The molecule has 590 valence electrons. The molecule has 9 aliphatic rings. The number of phenols is 1. The van der Waals surface area contributed by atoms with Gasteiger partial charge in [-0.05, 0) is 309 Å². The molecule has 1 unspecified atom stereocenters. The number of aromatic hydroxyl groups is 1. The number of carbonyl (C=O) groups is 4. The van der Waals surface area contributed by atoms with Crippen LogP contribution in [0.1, 0.15) is 213 Å². The molecule has 5 aromatic rings. The molecule has 107 heavy (non-hydrogen) atoms. The fourth-order valence-electron chi connectivity index (χ4n) is 19.7. The molecule has 0 spiro atoms. The smallest absolute Gasteiger partial charge is 0.147 e. The molecule has 13 atom stereocenters. The molecule has 11 nitrogen and oxygen atoms in total. The van der Waals surface area contributed by atoms with Gasteiger partial charge in [0.15, 0.2) is 0 Å². The van der Waals surface area contributed by atoms with Crippen LogP contribution in [0.25, 0.3) is 0 Å². The van der Waals surface area contributed by atoms with Crippen molar-refractivity contribution in [2.24, 2.45) is 41.2 Å². The van der Waals surface area contributed by atoms with E-state index < -0.39 is 0 Å². The number of benzene rings is 5. The maximum Gasteiger partial charge on any atom is 0.147 e. The third-order valence-corrected chi connectivity index (χ3v) is 27.0. The van der Waals surface area contributed by atoms with E-state index in [2.05, 4.69) is 222 Å². The third kappa shape index (κ3) is 24.0. The van der Waals surface area contributed by atoms with E-state index in [1.807, 2.05) is 45.1 Å². The number of nitrogens with zero attached hydrogens (tertiary/aromatic N) is 3. The van der Waals surface area contributed by atoms with Gasteiger partial charge >= 0.3 is 0 Å². The number of hydrogen-bond acceptors (Lipinski definition) is 11. The van der Waals surface area contributed by atoms with Crippen LogP contribution in [-0.2, 0) is 67.5 Å². The summed E-state index contributed by atoms with van der Waals surface area (Å²) in [6.07, 6.45) is 29.1. The van der Waals surface area contributed by atoms with E-state index in [0.717, 1.165) is 88.5 Å². The van der Waals surface area contributed by atoms with Crippen molar-refractivity contribution in [1.82, 2.24) is 25.3 Å².